The van der Waals surface area contributed by atoms with Crippen LogP contribution in [-0.4, -0.2) is 75.9 Å². The van der Waals surface area contributed by atoms with Gasteiger partial charge in [-0.25, -0.2) is 4.79 Å². The second kappa shape index (κ2) is 21.1. The van der Waals surface area contributed by atoms with E-state index in [1.807, 2.05) is 20.8 Å². The third-order valence-electron chi connectivity index (χ3n) is 10.0. The van der Waals surface area contributed by atoms with Crippen LogP contribution in [0.2, 0.25) is 0 Å². The standard InChI is InChI=1S/C38H68O8/c1-5-6-7-8-9-10-11-12-13-16-20-31(40)33-24-25-34(44-33)32(41)21-18-23-36-35(45-38(3,4)46-36)22-17-14-15-19-30(39)27-29-26-28(2)43-37(29)42/h26,28,30-36,39-41H,5-25,27H2,1-4H3/t28-,30+,31-,32+,33+,34+,35?,36?/m0/s1. The maximum atomic E-state index is 11.8. The SMILES string of the molecule is CCCCCCCCCCCC[C@H](O)[C@H]1CC[C@H]([C@H](O)CCCC2OC(C)(C)OC2CCCCC[C@@H](O)CC2=C[C@H](C)OC2=O)O1. The maximum absolute atomic E-state index is 11.8. The smallest absolute Gasteiger partial charge is 0.334 e. The molecular weight excluding hydrogens is 584 g/mol. The molecule has 0 saturated carbocycles. The normalized spacial score (nSPS) is 27.9. The highest BCUT2D eigenvalue weighted by Gasteiger charge is 2.41. The summed E-state index contributed by atoms with van der Waals surface area (Å²) in [6, 6.07) is 0. The van der Waals surface area contributed by atoms with Crippen LogP contribution in [0.3, 0.4) is 0 Å². The number of carbonyl (C=O) groups excluding carboxylic acids is 1. The van der Waals surface area contributed by atoms with Crippen molar-refractivity contribution in [2.75, 3.05) is 0 Å². The van der Waals surface area contributed by atoms with Gasteiger partial charge in [-0.1, -0.05) is 90.4 Å². The highest BCUT2D eigenvalue weighted by atomic mass is 16.7. The maximum Gasteiger partial charge on any atom is 0.334 e. The molecule has 3 aliphatic heterocycles. The summed E-state index contributed by atoms with van der Waals surface area (Å²) in [4.78, 5) is 11.8. The van der Waals surface area contributed by atoms with E-state index in [1.54, 1.807) is 6.08 Å². The lowest BCUT2D eigenvalue weighted by atomic mass is 9.97. The fourth-order valence-corrected chi connectivity index (χ4v) is 7.43. The molecule has 0 bridgehead atoms. The van der Waals surface area contributed by atoms with Crippen molar-refractivity contribution in [1.82, 2.24) is 0 Å². The van der Waals surface area contributed by atoms with Crippen LogP contribution in [0.25, 0.3) is 0 Å². The number of ether oxygens (including phenoxy) is 4. The van der Waals surface area contributed by atoms with Crippen LogP contribution in [0.5, 0.6) is 0 Å². The summed E-state index contributed by atoms with van der Waals surface area (Å²) >= 11 is 0. The minimum absolute atomic E-state index is 0.00442. The van der Waals surface area contributed by atoms with Gasteiger partial charge >= 0.3 is 5.97 Å². The van der Waals surface area contributed by atoms with E-state index in [2.05, 4.69) is 6.92 Å². The number of aliphatic hydroxyl groups is 3. The van der Waals surface area contributed by atoms with Crippen LogP contribution in [0.15, 0.2) is 11.6 Å². The Morgan fingerprint density at radius 1 is 0.739 bits per heavy atom. The lowest BCUT2D eigenvalue weighted by Gasteiger charge is -2.23. The minimum atomic E-state index is -0.614. The molecule has 8 atom stereocenters. The molecule has 0 spiro atoms. The van der Waals surface area contributed by atoms with E-state index >= 15 is 0 Å². The first-order valence-electron chi connectivity index (χ1n) is 19.0. The fourth-order valence-electron chi connectivity index (χ4n) is 7.43. The molecule has 3 heterocycles. The molecule has 0 aromatic rings. The third-order valence-corrected chi connectivity index (χ3v) is 10.0. The van der Waals surface area contributed by atoms with Crippen molar-refractivity contribution < 1.29 is 39.1 Å². The number of cyclic esters (lactones) is 1. The Balaban J connectivity index is 1.24. The summed E-state index contributed by atoms with van der Waals surface area (Å²) in [7, 11) is 0. The molecule has 2 unspecified atom stereocenters. The third kappa shape index (κ3) is 14.6. The van der Waals surface area contributed by atoms with Crippen molar-refractivity contribution in [3.05, 3.63) is 11.6 Å². The number of unbranched alkanes of at least 4 members (excludes halogenated alkanes) is 11. The molecule has 0 aromatic heterocycles. The van der Waals surface area contributed by atoms with Crippen molar-refractivity contribution in [3.63, 3.8) is 0 Å². The molecule has 2 fully saturated rings. The highest BCUT2D eigenvalue weighted by molar-refractivity contribution is 5.90. The summed E-state index contributed by atoms with van der Waals surface area (Å²) in [6.45, 7) is 8.01. The molecule has 0 radical (unpaired) electrons. The molecule has 46 heavy (non-hydrogen) atoms. The number of rotatable bonds is 25. The zero-order valence-corrected chi connectivity index (χ0v) is 29.6. The second-order valence-electron chi connectivity index (χ2n) is 14.8. The predicted molar refractivity (Wildman–Crippen MR) is 181 cm³/mol. The van der Waals surface area contributed by atoms with E-state index < -0.39 is 24.1 Å². The van der Waals surface area contributed by atoms with Gasteiger partial charge in [-0.15, -0.1) is 0 Å². The van der Waals surface area contributed by atoms with Gasteiger partial charge in [0.15, 0.2) is 5.79 Å². The summed E-state index contributed by atoms with van der Waals surface area (Å²) in [5.74, 6) is -0.920. The van der Waals surface area contributed by atoms with Gasteiger partial charge < -0.3 is 34.3 Å². The number of hydrogen-bond acceptors (Lipinski definition) is 8. The van der Waals surface area contributed by atoms with Crippen LogP contribution in [0, 0.1) is 0 Å². The summed E-state index contributed by atoms with van der Waals surface area (Å²) in [6.07, 6.45) is 22.1. The quantitative estimate of drug-likeness (QED) is 0.0675. The first-order valence-corrected chi connectivity index (χ1v) is 19.0. The fraction of sp³-hybridized carbons (Fsp3) is 0.921. The van der Waals surface area contributed by atoms with Gasteiger partial charge in [0.25, 0.3) is 0 Å². The monoisotopic (exact) mass is 652 g/mol. The van der Waals surface area contributed by atoms with Gasteiger partial charge in [-0.3, -0.25) is 0 Å². The van der Waals surface area contributed by atoms with Gasteiger partial charge in [0.1, 0.15) is 6.10 Å². The summed E-state index contributed by atoms with van der Waals surface area (Å²) in [5.41, 5.74) is 0.586. The van der Waals surface area contributed by atoms with E-state index in [1.165, 1.54) is 57.8 Å². The molecule has 0 amide bonds. The van der Waals surface area contributed by atoms with Crippen LogP contribution in [0.1, 0.15) is 169 Å². The van der Waals surface area contributed by atoms with E-state index in [0.29, 0.717) is 24.8 Å². The lowest BCUT2D eigenvalue weighted by molar-refractivity contribution is -0.147. The molecule has 0 aliphatic carbocycles. The first-order chi connectivity index (χ1) is 22.1. The summed E-state index contributed by atoms with van der Waals surface area (Å²) in [5, 5.41) is 32.0. The number of hydrogen-bond donors (Lipinski definition) is 3. The number of carbonyl (C=O) groups is 1. The molecule has 2 saturated heterocycles. The Morgan fingerprint density at radius 2 is 1.24 bits per heavy atom. The molecule has 3 N–H and O–H groups in total. The average molecular weight is 653 g/mol. The van der Waals surface area contributed by atoms with Gasteiger partial charge in [-0.05, 0) is 78.2 Å². The van der Waals surface area contributed by atoms with Gasteiger partial charge in [0.2, 0.25) is 0 Å². The lowest BCUT2D eigenvalue weighted by Crippen LogP contribution is -2.31. The van der Waals surface area contributed by atoms with Gasteiger partial charge in [-0.2, -0.15) is 0 Å². The van der Waals surface area contributed by atoms with Crippen LogP contribution in [0.4, 0.5) is 0 Å². The zero-order valence-electron chi connectivity index (χ0n) is 29.6. The zero-order chi connectivity index (χ0) is 33.4. The van der Waals surface area contributed by atoms with Crippen molar-refractivity contribution >= 4 is 5.97 Å². The average Bonchev–Trinajstić information content (AvgIpc) is 3.70. The Labute approximate surface area is 280 Å². The van der Waals surface area contributed by atoms with Crippen LogP contribution >= 0.6 is 0 Å². The Bertz CT molecular complexity index is 875. The largest absolute Gasteiger partial charge is 0.455 e. The molecule has 8 nitrogen and oxygen atoms in total. The topological polar surface area (TPSA) is 115 Å². The number of aliphatic hydroxyl groups excluding tert-OH is 3. The van der Waals surface area contributed by atoms with E-state index in [9.17, 15) is 20.1 Å². The number of esters is 1. The predicted octanol–water partition coefficient (Wildman–Crippen LogP) is 7.83. The van der Waals surface area contributed by atoms with Crippen molar-refractivity contribution in [2.24, 2.45) is 0 Å². The molecule has 3 rings (SSSR count). The van der Waals surface area contributed by atoms with E-state index in [0.717, 1.165) is 64.2 Å². The van der Waals surface area contributed by atoms with Gasteiger partial charge in [0.05, 0.1) is 42.7 Å². The minimum Gasteiger partial charge on any atom is -0.455 e. The Hall–Kier alpha value is -1.03. The second-order valence-corrected chi connectivity index (χ2v) is 14.8. The van der Waals surface area contributed by atoms with E-state index in [4.69, 9.17) is 18.9 Å². The molecule has 268 valence electrons. The highest BCUT2D eigenvalue weighted by Crippen LogP contribution is 2.35. The first kappa shape index (κ1) is 39.4. The Kier molecular flexibility index (Phi) is 18.1. The van der Waals surface area contributed by atoms with Gasteiger partial charge in [0, 0.05) is 12.0 Å². The van der Waals surface area contributed by atoms with Crippen LogP contribution in [-0.2, 0) is 23.7 Å². The van der Waals surface area contributed by atoms with Crippen LogP contribution < -0.4 is 0 Å². The van der Waals surface area contributed by atoms with Crippen molar-refractivity contribution in [3.8, 4) is 0 Å². The van der Waals surface area contributed by atoms with Crippen molar-refractivity contribution in [1.29, 1.82) is 0 Å². The Morgan fingerprint density at radius 3 is 1.80 bits per heavy atom. The molecule has 3 aliphatic rings. The molecule has 8 heteroatoms. The summed E-state index contributed by atoms with van der Waals surface area (Å²) < 4.78 is 23.7. The van der Waals surface area contributed by atoms with Crippen molar-refractivity contribution in [2.45, 2.75) is 224 Å². The van der Waals surface area contributed by atoms with E-state index in [-0.39, 0.29) is 36.5 Å². The molecule has 0 aromatic carbocycles. The molecular formula is C38H68O8.